The number of carbonyl (C=O) groups excluding carboxylic acids is 2. The Hall–Kier alpha value is -3.50. The number of benzene rings is 2. The molecule has 1 aliphatic heterocycles. The van der Waals surface area contributed by atoms with Gasteiger partial charge in [-0.05, 0) is 36.8 Å². The predicted molar refractivity (Wildman–Crippen MR) is 124 cm³/mol. The van der Waals surface area contributed by atoms with E-state index >= 15 is 0 Å². The minimum Gasteiger partial charge on any atom is -0.496 e. The van der Waals surface area contributed by atoms with E-state index < -0.39 is 12.0 Å². The first-order chi connectivity index (χ1) is 15.3. The number of methoxy groups -OCH3 is 1. The molecule has 1 aliphatic rings. The highest BCUT2D eigenvalue weighted by Gasteiger charge is 2.39. The van der Waals surface area contributed by atoms with E-state index in [9.17, 15) is 14.9 Å². The van der Waals surface area contributed by atoms with Gasteiger partial charge in [0.1, 0.15) is 11.8 Å². The minimum atomic E-state index is -0.656. The highest BCUT2D eigenvalue weighted by molar-refractivity contribution is 6.30. The maximum atomic E-state index is 13.0. The number of nitriles is 1. The van der Waals surface area contributed by atoms with Gasteiger partial charge in [-0.25, -0.2) is 0 Å². The Morgan fingerprint density at radius 3 is 2.69 bits per heavy atom. The van der Waals surface area contributed by atoms with Crippen molar-refractivity contribution < 1.29 is 14.3 Å². The first-order valence-electron chi connectivity index (χ1n) is 10.1. The number of rotatable bonds is 7. The van der Waals surface area contributed by atoms with E-state index in [1.54, 1.807) is 49.4 Å². The third-order valence-corrected chi connectivity index (χ3v) is 5.72. The molecule has 1 fully saturated rings. The molecule has 2 amide bonds. The highest BCUT2D eigenvalue weighted by atomic mass is 35.5. The lowest BCUT2D eigenvalue weighted by molar-refractivity contribution is -0.131. The number of likely N-dealkylation sites (tertiary alicyclic amines) is 1. The Morgan fingerprint density at radius 1 is 1.31 bits per heavy atom. The lowest BCUT2D eigenvalue weighted by Crippen LogP contribution is -2.41. The molecule has 0 bridgehead atoms. The molecule has 2 unspecified atom stereocenters. The average Bonchev–Trinajstić information content (AvgIpc) is 3.24. The Labute approximate surface area is 192 Å². The molecule has 1 heterocycles. The Morgan fingerprint density at radius 2 is 2.03 bits per heavy atom. The van der Waals surface area contributed by atoms with Crippen LogP contribution in [0.15, 0.2) is 55.1 Å². The van der Waals surface area contributed by atoms with E-state index in [-0.39, 0.29) is 24.9 Å². The number of halogens is 1. The molecule has 0 spiro atoms. The van der Waals surface area contributed by atoms with Crippen molar-refractivity contribution in [3.63, 3.8) is 0 Å². The second kappa shape index (κ2) is 10.2. The van der Waals surface area contributed by atoms with Crippen LogP contribution in [0.2, 0.25) is 5.02 Å². The fourth-order valence-electron chi connectivity index (χ4n) is 3.69. The van der Waals surface area contributed by atoms with Gasteiger partial charge in [-0.3, -0.25) is 9.59 Å². The summed E-state index contributed by atoms with van der Waals surface area (Å²) in [4.78, 5) is 28.8. The summed E-state index contributed by atoms with van der Waals surface area (Å²) in [6, 6.07) is 15.8. The normalized spacial score (nSPS) is 17.4. The third-order valence-electron chi connectivity index (χ3n) is 5.49. The summed E-state index contributed by atoms with van der Waals surface area (Å²) < 4.78 is 5.37. The number of carbonyl (C=O) groups is 2. The standard InChI is InChI=1S/C24H25ClN4O3/c1-16(21-12-18(25)9-10-22(21)32-3)28(2)15-23(30)29-14-17(11-20(29)13-26)24(31)27-19-7-5-4-6-8-19/h4-10,12,17,20H,1,11,14-15H2,2-3H3,(H,27,31). The Bertz CT molecular complexity index is 1050. The zero-order valence-electron chi connectivity index (χ0n) is 18.0. The number of nitrogens with zero attached hydrogens (tertiary/aromatic N) is 3. The van der Waals surface area contributed by atoms with E-state index in [0.29, 0.717) is 34.1 Å². The van der Waals surface area contributed by atoms with Crippen LogP contribution in [0.1, 0.15) is 12.0 Å². The summed E-state index contributed by atoms with van der Waals surface area (Å²) in [5.41, 5.74) is 1.92. The van der Waals surface area contributed by atoms with Crippen LogP contribution in [-0.2, 0) is 9.59 Å². The number of likely N-dealkylation sites (N-methyl/N-ethyl adjacent to an activating group) is 1. The number of ether oxygens (including phenoxy) is 1. The van der Waals surface area contributed by atoms with Crippen LogP contribution < -0.4 is 10.1 Å². The van der Waals surface area contributed by atoms with Crippen LogP contribution in [0.4, 0.5) is 5.69 Å². The van der Waals surface area contributed by atoms with Crippen LogP contribution in [0.3, 0.4) is 0 Å². The quantitative estimate of drug-likeness (QED) is 0.693. The molecule has 2 atom stereocenters. The van der Waals surface area contributed by atoms with E-state index in [4.69, 9.17) is 16.3 Å². The molecule has 2 aromatic rings. The molecule has 0 saturated carbocycles. The molecule has 1 N–H and O–H groups in total. The molecule has 1 saturated heterocycles. The lowest BCUT2D eigenvalue weighted by Gasteiger charge is -2.27. The highest BCUT2D eigenvalue weighted by Crippen LogP contribution is 2.30. The van der Waals surface area contributed by atoms with Crippen molar-refractivity contribution >= 4 is 34.8 Å². The van der Waals surface area contributed by atoms with Gasteiger partial charge < -0.3 is 19.9 Å². The fourth-order valence-corrected chi connectivity index (χ4v) is 3.86. The monoisotopic (exact) mass is 452 g/mol. The molecular weight excluding hydrogens is 428 g/mol. The van der Waals surface area contributed by atoms with Crippen LogP contribution in [0, 0.1) is 17.2 Å². The maximum Gasteiger partial charge on any atom is 0.243 e. The second-order valence-corrected chi connectivity index (χ2v) is 8.06. The Kier molecular flexibility index (Phi) is 7.39. The van der Waals surface area contributed by atoms with Crippen molar-refractivity contribution in [3.05, 3.63) is 65.7 Å². The van der Waals surface area contributed by atoms with Gasteiger partial charge in [-0.1, -0.05) is 36.4 Å². The third kappa shape index (κ3) is 5.21. The van der Waals surface area contributed by atoms with Crippen molar-refractivity contribution in [1.29, 1.82) is 5.26 Å². The molecule has 3 rings (SSSR count). The number of anilines is 1. The number of amides is 2. The fraction of sp³-hybridized carbons (Fsp3) is 0.292. The molecular formula is C24H25ClN4O3. The van der Waals surface area contributed by atoms with Gasteiger partial charge in [0.15, 0.2) is 0 Å². The first kappa shape index (κ1) is 23.2. The summed E-state index contributed by atoms with van der Waals surface area (Å²) in [5, 5.41) is 12.9. The SMILES string of the molecule is C=C(c1cc(Cl)ccc1OC)N(C)CC(=O)N1CC(C(=O)Nc2ccccc2)CC1C#N. The summed E-state index contributed by atoms with van der Waals surface area (Å²) in [6.45, 7) is 4.26. The van der Waals surface area contributed by atoms with E-state index in [2.05, 4.69) is 18.0 Å². The largest absolute Gasteiger partial charge is 0.496 e. The zero-order valence-corrected chi connectivity index (χ0v) is 18.8. The second-order valence-electron chi connectivity index (χ2n) is 7.63. The van der Waals surface area contributed by atoms with Gasteiger partial charge >= 0.3 is 0 Å². The summed E-state index contributed by atoms with van der Waals surface area (Å²) in [5.74, 6) is -0.317. The van der Waals surface area contributed by atoms with Crippen LogP contribution in [0.25, 0.3) is 5.70 Å². The van der Waals surface area contributed by atoms with Gasteiger partial charge in [-0.15, -0.1) is 0 Å². The van der Waals surface area contributed by atoms with Crippen molar-refractivity contribution in [2.24, 2.45) is 5.92 Å². The Balaban J connectivity index is 1.66. The van der Waals surface area contributed by atoms with Gasteiger partial charge in [0.2, 0.25) is 11.8 Å². The van der Waals surface area contributed by atoms with Gasteiger partial charge in [-0.2, -0.15) is 5.26 Å². The summed E-state index contributed by atoms with van der Waals surface area (Å²) >= 11 is 6.11. The number of hydrogen-bond acceptors (Lipinski definition) is 5. The molecule has 7 nitrogen and oxygen atoms in total. The van der Waals surface area contributed by atoms with Crippen LogP contribution in [0.5, 0.6) is 5.75 Å². The average molecular weight is 453 g/mol. The smallest absolute Gasteiger partial charge is 0.243 e. The van der Waals surface area contributed by atoms with E-state index in [1.165, 1.54) is 4.90 Å². The number of para-hydroxylation sites is 1. The topological polar surface area (TPSA) is 85.7 Å². The summed E-state index contributed by atoms with van der Waals surface area (Å²) in [6.07, 6.45) is 0.299. The van der Waals surface area contributed by atoms with Crippen molar-refractivity contribution in [2.75, 3.05) is 32.6 Å². The van der Waals surface area contributed by atoms with Gasteiger partial charge in [0.05, 0.1) is 25.6 Å². The number of nitrogens with one attached hydrogen (secondary N) is 1. The molecule has 0 aliphatic carbocycles. The number of hydrogen-bond donors (Lipinski definition) is 1. The molecule has 8 heteroatoms. The predicted octanol–water partition coefficient (Wildman–Crippen LogP) is 3.63. The molecule has 0 radical (unpaired) electrons. The minimum absolute atomic E-state index is 0.000292. The summed E-state index contributed by atoms with van der Waals surface area (Å²) in [7, 11) is 3.28. The van der Waals surface area contributed by atoms with Crippen LogP contribution >= 0.6 is 11.6 Å². The van der Waals surface area contributed by atoms with Gasteiger partial charge in [0.25, 0.3) is 0 Å². The van der Waals surface area contributed by atoms with Crippen molar-refractivity contribution in [3.8, 4) is 11.8 Å². The molecule has 32 heavy (non-hydrogen) atoms. The molecule has 0 aromatic heterocycles. The zero-order chi connectivity index (χ0) is 23.3. The van der Waals surface area contributed by atoms with Crippen molar-refractivity contribution in [2.45, 2.75) is 12.5 Å². The first-order valence-corrected chi connectivity index (χ1v) is 10.5. The van der Waals surface area contributed by atoms with Gasteiger partial charge in [0, 0.05) is 35.6 Å². The lowest BCUT2D eigenvalue weighted by atomic mass is 10.1. The molecule has 166 valence electrons. The van der Waals surface area contributed by atoms with E-state index in [1.807, 2.05) is 18.2 Å². The maximum absolute atomic E-state index is 13.0. The van der Waals surface area contributed by atoms with E-state index in [0.717, 1.165) is 0 Å². The molecule has 2 aromatic carbocycles. The van der Waals surface area contributed by atoms with Crippen molar-refractivity contribution in [1.82, 2.24) is 9.80 Å². The van der Waals surface area contributed by atoms with Crippen LogP contribution in [-0.4, -0.2) is 54.9 Å².